The predicted octanol–water partition coefficient (Wildman–Crippen LogP) is 2.58. The predicted molar refractivity (Wildman–Crippen MR) is 74.4 cm³/mol. The number of carbonyl (C=O) groups excluding carboxylic acids is 1. The molecule has 0 bridgehead atoms. The monoisotopic (exact) mass is 262 g/mol. The second-order valence-electron chi connectivity index (χ2n) is 4.86. The zero-order chi connectivity index (χ0) is 11.8. The minimum absolute atomic E-state index is 0. The molecule has 3 nitrogen and oxygen atoms in total. The first-order chi connectivity index (χ1) is 7.77. The molecular weight excluding hydrogens is 236 g/mol. The summed E-state index contributed by atoms with van der Waals surface area (Å²) in [7, 11) is 0. The first-order valence-corrected chi connectivity index (χ1v) is 6.75. The molecule has 0 saturated carbocycles. The highest BCUT2D eigenvalue weighted by atomic mass is 35.5. The van der Waals surface area contributed by atoms with Crippen LogP contribution in [-0.2, 0) is 4.79 Å². The molecule has 1 aliphatic rings. The van der Waals surface area contributed by atoms with Crippen LogP contribution in [0.15, 0.2) is 0 Å². The summed E-state index contributed by atoms with van der Waals surface area (Å²) in [5.41, 5.74) is 5.43. The summed E-state index contributed by atoms with van der Waals surface area (Å²) in [6, 6.07) is 0. The van der Waals surface area contributed by atoms with E-state index >= 15 is 0 Å². The Morgan fingerprint density at radius 3 is 2.59 bits per heavy atom. The molecule has 0 aliphatic carbocycles. The van der Waals surface area contributed by atoms with Gasteiger partial charge in [0.1, 0.15) is 0 Å². The second-order valence-corrected chi connectivity index (χ2v) is 4.86. The molecule has 1 aliphatic heterocycles. The molecule has 0 radical (unpaired) electrons. The molecule has 102 valence electrons. The van der Waals surface area contributed by atoms with E-state index in [9.17, 15) is 4.79 Å². The van der Waals surface area contributed by atoms with Crippen molar-refractivity contribution in [3.63, 3.8) is 0 Å². The molecule has 0 aromatic rings. The van der Waals surface area contributed by atoms with E-state index in [1.54, 1.807) is 0 Å². The van der Waals surface area contributed by atoms with Crippen LogP contribution in [0.5, 0.6) is 0 Å². The molecule has 1 heterocycles. The highest BCUT2D eigenvalue weighted by molar-refractivity contribution is 5.85. The molecule has 1 amide bonds. The zero-order valence-corrected chi connectivity index (χ0v) is 11.8. The van der Waals surface area contributed by atoms with Crippen LogP contribution < -0.4 is 5.73 Å². The normalized spacial score (nSPS) is 19.2. The van der Waals surface area contributed by atoms with Crippen molar-refractivity contribution in [3.05, 3.63) is 0 Å². The Kier molecular flexibility index (Phi) is 9.56. The number of carbonyl (C=O) groups is 1. The van der Waals surface area contributed by atoms with Crippen molar-refractivity contribution >= 4 is 18.3 Å². The first-order valence-electron chi connectivity index (χ1n) is 6.75. The lowest BCUT2D eigenvalue weighted by Crippen LogP contribution is -2.28. The van der Waals surface area contributed by atoms with Gasteiger partial charge in [0.15, 0.2) is 0 Å². The maximum Gasteiger partial charge on any atom is 0.222 e. The Balaban J connectivity index is 0.00000256. The number of amides is 1. The summed E-state index contributed by atoms with van der Waals surface area (Å²) in [6.45, 7) is 4.97. The number of halogens is 1. The highest BCUT2D eigenvalue weighted by Crippen LogP contribution is 2.20. The number of unbranched alkanes of at least 4 members (excludes halogenated alkanes) is 3. The van der Waals surface area contributed by atoms with Crippen LogP contribution in [-0.4, -0.2) is 30.4 Å². The Hall–Kier alpha value is -0.280. The number of hydrogen-bond donors (Lipinski definition) is 1. The number of hydrogen-bond acceptors (Lipinski definition) is 2. The Morgan fingerprint density at radius 1 is 1.29 bits per heavy atom. The van der Waals surface area contributed by atoms with E-state index in [0.717, 1.165) is 51.2 Å². The number of nitrogens with zero attached hydrogens (tertiary/aromatic N) is 1. The lowest BCUT2D eigenvalue weighted by atomic mass is 10.1. The SMILES string of the molecule is CCC1CCN(C(=O)CCCCCCN)C1.Cl. The summed E-state index contributed by atoms with van der Waals surface area (Å²) in [5, 5.41) is 0. The molecule has 17 heavy (non-hydrogen) atoms. The van der Waals surface area contributed by atoms with Crippen molar-refractivity contribution in [3.8, 4) is 0 Å². The summed E-state index contributed by atoms with van der Waals surface area (Å²) >= 11 is 0. The summed E-state index contributed by atoms with van der Waals surface area (Å²) in [4.78, 5) is 13.9. The molecule has 2 N–H and O–H groups in total. The number of likely N-dealkylation sites (tertiary alicyclic amines) is 1. The fraction of sp³-hybridized carbons (Fsp3) is 0.923. The molecule has 4 heteroatoms. The Morgan fingerprint density at radius 2 is 2.00 bits per heavy atom. The standard InChI is InChI=1S/C13H26N2O.ClH/c1-2-12-8-10-15(11-12)13(16)7-5-3-4-6-9-14;/h12H,2-11,14H2,1H3;1H. The van der Waals surface area contributed by atoms with E-state index in [2.05, 4.69) is 11.8 Å². The van der Waals surface area contributed by atoms with Crippen LogP contribution in [0.1, 0.15) is 51.9 Å². The van der Waals surface area contributed by atoms with Crippen LogP contribution in [0, 0.1) is 5.92 Å². The van der Waals surface area contributed by atoms with E-state index in [1.165, 1.54) is 19.3 Å². The molecule has 0 aromatic heterocycles. The van der Waals surface area contributed by atoms with Gasteiger partial charge in [-0.3, -0.25) is 4.79 Å². The zero-order valence-electron chi connectivity index (χ0n) is 11.0. The van der Waals surface area contributed by atoms with Crippen LogP contribution in [0.2, 0.25) is 0 Å². The van der Waals surface area contributed by atoms with Gasteiger partial charge in [0.2, 0.25) is 5.91 Å². The second kappa shape index (κ2) is 9.72. The lowest BCUT2D eigenvalue weighted by Gasteiger charge is -2.16. The molecule has 1 rings (SSSR count). The first kappa shape index (κ1) is 16.7. The van der Waals surface area contributed by atoms with Crippen molar-refractivity contribution in [1.29, 1.82) is 0 Å². The quantitative estimate of drug-likeness (QED) is 0.717. The highest BCUT2D eigenvalue weighted by Gasteiger charge is 2.24. The van der Waals surface area contributed by atoms with E-state index in [-0.39, 0.29) is 12.4 Å². The van der Waals surface area contributed by atoms with E-state index in [0.29, 0.717) is 5.91 Å². The Bertz CT molecular complexity index is 212. The number of nitrogens with two attached hydrogens (primary N) is 1. The average Bonchev–Trinajstić information content (AvgIpc) is 2.77. The minimum atomic E-state index is 0. The minimum Gasteiger partial charge on any atom is -0.342 e. The van der Waals surface area contributed by atoms with Gasteiger partial charge in [-0.15, -0.1) is 12.4 Å². The summed E-state index contributed by atoms with van der Waals surface area (Å²) in [5.74, 6) is 1.12. The third-order valence-corrected chi connectivity index (χ3v) is 3.56. The molecule has 1 atom stereocenters. The van der Waals surface area contributed by atoms with Gasteiger partial charge in [0.05, 0.1) is 0 Å². The van der Waals surface area contributed by atoms with E-state index in [4.69, 9.17) is 5.73 Å². The number of rotatable bonds is 7. The molecule has 1 fully saturated rings. The third kappa shape index (κ3) is 6.27. The van der Waals surface area contributed by atoms with E-state index in [1.807, 2.05) is 0 Å². The summed E-state index contributed by atoms with van der Waals surface area (Å²) in [6.07, 6.45) is 7.59. The molecular formula is C13H27ClN2O. The fourth-order valence-corrected chi connectivity index (χ4v) is 2.32. The van der Waals surface area contributed by atoms with Gasteiger partial charge < -0.3 is 10.6 Å². The topological polar surface area (TPSA) is 46.3 Å². The van der Waals surface area contributed by atoms with Gasteiger partial charge in [-0.1, -0.05) is 26.2 Å². The van der Waals surface area contributed by atoms with Crippen LogP contribution in [0.25, 0.3) is 0 Å². The largest absolute Gasteiger partial charge is 0.342 e. The van der Waals surface area contributed by atoms with Crippen LogP contribution in [0.4, 0.5) is 0 Å². The molecule has 0 aromatic carbocycles. The van der Waals surface area contributed by atoms with Crippen molar-refractivity contribution in [2.45, 2.75) is 51.9 Å². The van der Waals surface area contributed by atoms with Gasteiger partial charge >= 0.3 is 0 Å². The average molecular weight is 263 g/mol. The molecule has 1 unspecified atom stereocenters. The smallest absolute Gasteiger partial charge is 0.222 e. The van der Waals surface area contributed by atoms with Crippen molar-refractivity contribution in [2.75, 3.05) is 19.6 Å². The van der Waals surface area contributed by atoms with Gasteiger partial charge in [0, 0.05) is 19.5 Å². The van der Waals surface area contributed by atoms with Gasteiger partial charge in [0.25, 0.3) is 0 Å². The van der Waals surface area contributed by atoms with E-state index < -0.39 is 0 Å². The summed E-state index contributed by atoms with van der Waals surface area (Å²) < 4.78 is 0. The van der Waals surface area contributed by atoms with Crippen LogP contribution >= 0.6 is 12.4 Å². The molecule has 1 saturated heterocycles. The Labute approximate surface area is 112 Å². The molecule has 0 spiro atoms. The van der Waals surface area contributed by atoms with Crippen molar-refractivity contribution in [1.82, 2.24) is 4.90 Å². The third-order valence-electron chi connectivity index (χ3n) is 3.56. The van der Waals surface area contributed by atoms with Gasteiger partial charge in [-0.25, -0.2) is 0 Å². The van der Waals surface area contributed by atoms with Crippen molar-refractivity contribution < 1.29 is 4.79 Å². The maximum atomic E-state index is 11.8. The van der Waals surface area contributed by atoms with Gasteiger partial charge in [-0.05, 0) is 31.7 Å². The van der Waals surface area contributed by atoms with Gasteiger partial charge in [-0.2, -0.15) is 0 Å². The lowest BCUT2D eigenvalue weighted by molar-refractivity contribution is -0.130. The van der Waals surface area contributed by atoms with Crippen LogP contribution in [0.3, 0.4) is 0 Å². The maximum absolute atomic E-state index is 11.8. The van der Waals surface area contributed by atoms with Crippen molar-refractivity contribution in [2.24, 2.45) is 11.7 Å². The fourth-order valence-electron chi connectivity index (χ4n) is 2.32.